The molecule has 5 rings (SSSR count). The number of carboxylic acids is 2. The van der Waals surface area contributed by atoms with E-state index in [0.29, 0.717) is 5.56 Å². The van der Waals surface area contributed by atoms with Crippen molar-refractivity contribution in [3.05, 3.63) is 54.2 Å². The third-order valence-corrected chi connectivity index (χ3v) is 6.97. The molecule has 1 aromatic carbocycles. The predicted molar refractivity (Wildman–Crippen MR) is 136 cm³/mol. The Kier molecular flexibility index (Phi) is 9.76. The standard InChI is InChI=1S/C22H25N5O2.2C2HF3O2/c1-25-15-17(13-24-25)19-14-23-21-22(9-12-27(19)21)7-10-26(11-8-22)20(28)16-3-5-18(29-2)6-4-16;2*3-2(4,5)1(6)7/h3-6,13-15H,7-12H2,1-2H3;2*(H,6,7). The SMILES string of the molecule is COc1ccc(C(=O)N2CCC3(CC2)CCn2c(-c4cnn(C)c4)cnc23)cc1.O=C(O)C(F)(F)F.O=C(O)C(F)(F)F. The molecule has 0 bridgehead atoms. The van der Waals surface area contributed by atoms with Crippen molar-refractivity contribution in [2.24, 2.45) is 7.05 Å². The first kappa shape index (κ1) is 32.9. The molecule has 0 unspecified atom stereocenters. The maximum Gasteiger partial charge on any atom is 0.490 e. The van der Waals surface area contributed by atoms with Gasteiger partial charge in [0.05, 0.1) is 25.2 Å². The van der Waals surface area contributed by atoms with Gasteiger partial charge in [-0.15, -0.1) is 0 Å². The highest BCUT2D eigenvalue weighted by Crippen LogP contribution is 2.44. The Morgan fingerprint density at radius 2 is 1.40 bits per heavy atom. The van der Waals surface area contributed by atoms with Crippen molar-refractivity contribution < 1.29 is 55.7 Å². The first-order valence-electron chi connectivity index (χ1n) is 12.6. The monoisotopic (exact) mass is 619 g/mol. The van der Waals surface area contributed by atoms with E-state index in [0.717, 1.165) is 55.9 Å². The summed E-state index contributed by atoms with van der Waals surface area (Å²) in [5.41, 5.74) is 3.04. The Bertz CT molecular complexity index is 1420. The van der Waals surface area contributed by atoms with Crippen molar-refractivity contribution in [1.29, 1.82) is 0 Å². The average Bonchev–Trinajstić information content (AvgIpc) is 3.65. The summed E-state index contributed by atoms with van der Waals surface area (Å²) < 4.78 is 72.8. The number of hydrogen-bond acceptors (Lipinski definition) is 6. The smallest absolute Gasteiger partial charge is 0.490 e. The zero-order valence-corrected chi connectivity index (χ0v) is 22.8. The van der Waals surface area contributed by atoms with Crippen LogP contribution in [-0.4, -0.2) is 84.8 Å². The molecule has 1 amide bonds. The molecular weight excluding hydrogens is 592 g/mol. The minimum absolute atomic E-state index is 0.0805. The minimum atomic E-state index is -5.08. The number of fused-ring (bicyclic) bond motifs is 2. The number of aromatic nitrogens is 4. The molecule has 0 saturated carbocycles. The summed E-state index contributed by atoms with van der Waals surface area (Å²) in [6.45, 7) is 2.51. The van der Waals surface area contributed by atoms with Crippen molar-refractivity contribution >= 4 is 17.8 Å². The number of aryl methyl sites for hydroxylation is 1. The van der Waals surface area contributed by atoms with Gasteiger partial charge in [0.2, 0.25) is 0 Å². The molecule has 3 aromatic rings. The van der Waals surface area contributed by atoms with Crippen LogP contribution in [0.3, 0.4) is 0 Å². The lowest BCUT2D eigenvalue weighted by Gasteiger charge is -2.38. The van der Waals surface area contributed by atoms with Crippen molar-refractivity contribution in [3.63, 3.8) is 0 Å². The van der Waals surface area contributed by atoms with Crippen LogP contribution in [0, 0.1) is 0 Å². The van der Waals surface area contributed by atoms with Gasteiger partial charge in [0.25, 0.3) is 5.91 Å². The van der Waals surface area contributed by atoms with E-state index in [2.05, 4.69) is 9.67 Å². The molecule has 17 heteroatoms. The van der Waals surface area contributed by atoms with Gasteiger partial charge in [0, 0.05) is 49.4 Å². The van der Waals surface area contributed by atoms with Crippen LogP contribution in [0.4, 0.5) is 26.3 Å². The summed E-state index contributed by atoms with van der Waals surface area (Å²) in [7, 11) is 3.56. The van der Waals surface area contributed by atoms with Gasteiger partial charge in [-0.2, -0.15) is 31.4 Å². The van der Waals surface area contributed by atoms with Crippen molar-refractivity contribution in [3.8, 4) is 17.0 Å². The van der Waals surface area contributed by atoms with Crippen LogP contribution in [-0.2, 0) is 28.6 Å². The molecule has 0 radical (unpaired) electrons. The quantitative estimate of drug-likeness (QED) is 0.417. The third-order valence-electron chi connectivity index (χ3n) is 6.97. The van der Waals surface area contributed by atoms with Crippen molar-refractivity contribution in [2.45, 2.75) is 43.6 Å². The molecule has 1 fully saturated rings. The number of aliphatic carboxylic acids is 2. The van der Waals surface area contributed by atoms with Gasteiger partial charge in [-0.05, 0) is 43.5 Å². The van der Waals surface area contributed by atoms with Crippen LogP contribution in [0.25, 0.3) is 11.3 Å². The van der Waals surface area contributed by atoms with Crippen LogP contribution < -0.4 is 4.74 Å². The van der Waals surface area contributed by atoms with E-state index in [1.807, 2.05) is 59.5 Å². The first-order valence-corrected chi connectivity index (χ1v) is 12.6. The van der Waals surface area contributed by atoms with Gasteiger partial charge in [-0.1, -0.05) is 0 Å². The third kappa shape index (κ3) is 7.84. The number of carboxylic acid groups (broad SMARTS) is 2. The molecule has 1 spiro atoms. The zero-order valence-electron chi connectivity index (χ0n) is 22.8. The molecule has 4 heterocycles. The van der Waals surface area contributed by atoms with E-state index in [1.54, 1.807) is 7.11 Å². The van der Waals surface area contributed by atoms with E-state index in [9.17, 15) is 31.1 Å². The number of nitrogens with zero attached hydrogens (tertiary/aromatic N) is 5. The molecule has 0 atom stereocenters. The van der Waals surface area contributed by atoms with Crippen LogP contribution >= 0.6 is 0 Å². The highest BCUT2D eigenvalue weighted by Gasteiger charge is 2.45. The lowest BCUT2D eigenvalue weighted by atomic mass is 9.76. The number of piperidine rings is 1. The Morgan fingerprint density at radius 1 is 0.884 bits per heavy atom. The number of methoxy groups -OCH3 is 1. The number of imidazole rings is 1. The number of ether oxygens (including phenoxy) is 1. The average molecular weight is 620 g/mol. The molecule has 0 aliphatic carbocycles. The van der Waals surface area contributed by atoms with Crippen LogP contribution in [0.2, 0.25) is 0 Å². The van der Waals surface area contributed by atoms with Gasteiger partial charge in [-0.25, -0.2) is 14.6 Å². The fourth-order valence-corrected chi connectivity index (χ4v) is 4.77. The number of likely N-dealkylation sites (tertiary alicyclic amines) is 1. The fraction of sp³-hybridized carbons (Fsp3) is 0.423. The van der Waals surface area contributed by atoms with Crippen molar-refractivity contribution in [1.82, 2.24) is 24.2 Å². The van der Waals surface area contributed by atoms with E-state index < -0.39 is 24.3 Å². The lowest BCUT2D eigenvalue weighted by Crippen LogP contribution is -2.44. The van der Waals surface area contributed by atoms with Gasteiger partial charge < -0.3 is 24.4 Å². The summed E-state index contributed by atoms with van der Waals surface area (Å²) in [5.74, 6) is -3.48. The van der Waals surface area contributed by atoms with Crippen LogP contribution in [0.5, 0.6) is 5.75 Å². The van der Waals surface area contributed by atoms with Gasteiger partial charge in [0.1, 0.15) is 11.6 Å². The van der Waals surface area contributed by atoms with E-state index in [-0.39, 0.29) is 11.3 Å². The normalized spacial score (nSPS) is 15.5. The molecule has 2 aliphatic rings. The van der Waals surface area contributed by atoms with Crippen LogP contribution in [0.1, 0.15) is 35.4 Å². The van der Waals surface area contributed by atoms with Gasteiger partial charge in [0.15, 0.2) is 0 Å². The topological polar surface area (TPSA) is 140 Å². The Hall–Kier alpha value is -4.57. The maximum atomic E-state index is 12.9. The molecule has 2 aromatic heterocycles. The molecule has 1 saturated heterocycles. The summed E-state index contributed by atoms with van der Waals surface area (Å²) in [6, 6.07) is 7.36. The highest BCUT2D eigenvalue weighted by molar-refractivity contribution is 5.94. The Morgan fingerprint density at radius 3 is 1.84 bits per heavy atom. The predicted octanol–water partition coefficient (Wildman–Crippen LogP) is 4.14. The second kappa shape index (κ2) is 12.7. The second-order valence-electron chi connectivity index (χ2n) is 9.68. The van der Waals surface area contributed by atoms with Gasteiger partial charge >= 0.3 is 24.3 Å². The summed E-state index contributed by atoms with van der Waals surface area (Å²) in [6.07, 6.45) is -1.26. The van der Waals surface area contributed by atoms with E-state index >= 15 is 0 Å². The highest BCUT2D eigenvalue weighted by atomic mass is 19.4. The number of rotatable bonds is 3. The number of halogens is 6. The number of carbonyl (C=O) groups is 3. The summed E-state index contributed by atoms with van der Waals surface area (Å²) in [5, 5.41) is 18.5. The molecule has 2 N–H and O–H groups in total. The van der Waals surface area contributed by atoms with Crippen molar-refractivity contribution in [2.75, 3.05) is 20.2 Å². The number of alkyl halides is 6. The Balaban J connectivity index is 0.000000303. The fourth-order valence-electron chi connectivity index (χ4n) is 4.77. The number of carbonyl (C=O) groups excluding carboxylic acids is 1. The molecule has 43 heavy (non-hydrogen) atoms. The largest absolute Gasteiger partial charge is 0.497 e. The molecule has 2 aliphatic heterocycles. The first-order chi connectivity index (χ1) is 20.0. The molecular formula is C26H27F6N5O6. The van der Waals surface area contributed by atoms with E-state index in [1.165, 1.54) is 5.82 Å². The lowest BCUT2D eigenvalue weighted by molar-refractivity contribution is -0.193. The number of benzene rings is 1. The number of hydrogen-bond donors (Lipinski definition) is 2. The summed E-state index contributed by atoms with van der Waals surface area (Å²) in [4.78, 5) is 37.5. The Labute approximate surface area is 240 Å². The minimum Gasteiger partial charge on any atom is -0.497 e. The molecule has 11 nitrogen and oxygen atoms in total. The molecule has 234 valence electrons. The number of amides is 1. The van der Waals surface area contributed by atoms with Gasteiger partial charge in [-0.3, -0.25) is 9.48 Å². The second-order valence-corrected chi connectivity index (χ2v) is 9.68. The van der Waals surface area contributed by atoms with E-state index in [4.69, 9.17) is 29.5 Å². The maximum absolute atomic E-state index is 12.9. The zero-order chi connectivity index (χ0) is 32.2. The van der Waals surface area contributed by atoms with Crippen LogP contribution in [0.15, 0.2) is 42.9 Å². The summed E-state index contributed by atoms with van der Waals surface area (Å²) >= 11 is 0.